The fraction of sp³-hybridized carbons (Fsp3) is 0.316. The van der Waals surface area contributed by atoms with Crippen molar-refractivity contribution >= 4 is 23.1 Å². The zero-order valence-electron chi connectivity index (χ0n) is 14.9. The lowest BCUT2D eigenvalue weighted by molar-refractivity contribution is 0.102. The summed E-state index contributed by atoms with van der Waals surface area (Å²) in [4.78, 5) is 23.6. The Morgan fingerprint density at radius 3 is 2.92 bits per heavy atom. The predicted octanol–water partition coefficient (Wildman–Crippen LogP) is 2.09. The minimum absolute atomic E-state index is 0.172. The van der Waals surface area contributed by atoms with Gasteiger partial charge >= 0.3 is 0 Å². The molecule has 7 heteroatoms. The Morgan fingerprint density at radius 2 is 2.15 bits per heavy atom. The summed E-state index contributed by atoms with van der Waals surface area (Å²) in [5.41, 5.74) is 3.06. The monoisotopic (exact) mass is 350 g/mol. The highest BCUT2D eigenvalue weighted by atomic mass is 16.1. The topological polar surface area (TPSA) is 74.6 Å². The molecule has 3 aromatic heterocycles. The van der Waals surface area contributed by atoms with Crippen molar-refractivity contribution in [3.05, 3.63) is 54.1 Å². The number of hydrogen-bond donors (Lipinski definition) is 2. The van der Waals surface area contributed by atoms with E-state index in [0.29, 0.717) is 11.6 Å². The number of carbonyl (C=O) groups is 1. The number of imidazole rings is 1. The van der Waals surface area contributed by atoms with Gasteiger partial charge in [-0.2, -0.15) is 0 Å². The van der Waals surface area contributed by atoms with Crippen LogP contribution < -0.4 is 15.5 Å². The van der Waals surface area contributed by atoms with E-state index in [0.717, 1.165) is 42.5 Å². The quantitative estimate of drug-likeness (QED) is 0.757. The molecule has 0 radical (unpaired) electrons. The van der Waals surface area contributed by atoms with E-state index < -0.39 is 0 Å². The molecule has 4 heterocycles. The molecule has 1 atom stereocenters. The van der Waals surface area contributed by atoms with E-state index in [4.69, 9.17) is 0 Å². The van der Waals surface area contributed by atoms with Gasteiger partial charge in [0, 0.05) is 44.3 Å². The molecule has 0 aliphatic carbocycles. The number of aromatic nitrogens is 3. The number of carbonyl (C=O) groups excluding carboxylic acids is 1. The van der Waals surface area contributed by atoms with E-state index in [2.05, 4.69) is 32.4 Å². The molecule has 1 saturated heterocycles. The van der Waals surface area contributed by atoms with Crippen LogP contribution >= 0.6 is 0 Å². The molecule has 1 amide bonds. The van der Waals surface area contributed by atoms with Gasteiger partial charge in [-0.1, -0.05) is 0 Å². The van der Waals surface area contributed by atoms with Gasteiger partial charge in [0.15, 0.2) is 0 Å². The number of piperazine rings is 1. The Morgan fingerprint density at radius 1 is 1.27 bits per heavy atom. The summed E-state index contributed by atoms with van der Waals surface area (Å²) >= 11 is 0. The van der Waals surface area contributed by atoms with Crippen LogP contribution in [0.1, 0.15) is 23.0 Å². The van der Waals surface area contributed by atoms with Crippen molar-refractivity contribution in [3.8, 4) is 0 Å². The lowest BCUT2D eigenvalue weighted by Gasteiger charge is -2.32. The molecule has 1 fully saturated rings. The number of amides is 1. The summed E-state index contributed by atoms with van der Waals surface area (Å²) in [6.45, 7) is 6.89. The third-order valence-electron chi connectivity index (χ3n) is 4.53. The smallest absolute Gasteiger partial charge is 0.257 e. The second-order valence-corrected chi connectivity index (χ2v) is 6.73. The maximum atomic E-state index is 12.5. The summed E-state index contributed by atoms with van der Waals surface area (Å²) in [5.74, 6) is 0.735. The van der Waals surface area contributed by atoms with E-state index in [1.807, 2.05) is 48.0 Å². The van der Waals surface area contributed by atoms with Crippen LogP contribution in [0.3, 0.4) is 0 Å². The molecule has 3 aromatic rings. The number of hydrogen-bond acceptors (Lipinski definition) is 5. The molecule has 0 spiro atoms. The second kappa shape index (κ2) is 6.76. The van der Waals surface area contributed by atoms with E-state index in [1.54, 1.807) is 6.20 Å². The highest BCUT2D eigenvalue weighted by Gasteiger charge is 2.17. The van der Waals surface area contributed by atoms with Crippen LogP contribution in [0.5, 0.6) is 0 Å². The maximum Gasteiger partial charge on any atom is 0.257 e. The summed E-state index contributed by atoms with van der Waals surface area (Å²) in [7, 11) is 0. The van der Waals surface area contributed by atoms with E-state index in [-0.39, 0.29) is 5.91 Å². The molecule has 26 heavy (non-hydrogen) atoms. The summed E-state index contributed by atoms with van der Waals surface area (Å²) < 4.78 is 1.90. The lowest BCUT2D eigenvalue weighted by atomic mass is 10.2. The molecule has 7 nitrogen and oxygen atoms in total. The molecular weight excluding hydrogens is 328 g/mol. The fourth-order valence-corrected chi connectivity index (χ4v) is 3.24. The number of pyridine rings is 2. The summed E-state index contributed by atoms with van der Waals surface area (Å²) in [5, 5.41) is 6.33. The highest BCUT2D eigenvalue weighted by molar-refractivity contribution is 6.04. The van der Waals surface area contributed by atoms with Crippen molar-refractivity contribution in [2.75, 3.05) is 29.9 Å². The van der Waals surface area contributed by atoms with Crippen LogP contribution in [0, 0.1) is 6.92 Å². The van der Waals surface area contributed by atoms with Gasteiger partial charge in [0.2, 0.25) is 0 Å². The fourth-order valence-electron chi connectivity index (χ4n) is 3.24. The van der Waals surface area contributed by atoms with E-state index >= 15 is 0 Å². The van der Waals surface area contributed by atoms with Crippen LogP contribution in [0.4, 0.5) is 11.5 Å². The van der Waals surface area contributed by atoms with Gasteiger partial charge in [-0.15, -0.1) is 0 Å². The zero-order valence-corrected chi connectivity index (χ0v) is 14.9. The molecule has 0 aromatic carbocycles. The normalized spacial score (nSPS) is 17.5. The van der Waals surface area contributed by atoms with Crippen molar-refractivity contribution in [3.63, 3.8) is 0 Å². The number of nitrogens with one attached hydrogen (secondary N) is 2. The SMILES string of the molecule is Cc1cn2cc(NC(=O)c3ccc(N4CCNC(C)C4)nc3)ccc2n1. The zero-order chi connectivity index (χ0) is 18.1. The molecule has 134 valence electrons. The number of fused-ring (bicyclic) bond motifs is 1. The van der Waals surface area contributed by atoms with Gasteiger partial charge in [0.05, 0.1) is 16.9 Å². The first kappa shape index (κ1) is 16.5. The minimum Gasteiger partial charge on any atom is -0.354 e. The molecule has 2 N–H and O–H groups in total. The van der Waals surface area contributed by atoms with Gasteiger partial charge in [0.25, 0.3) is 5.91 Å². The molecule has 4 rings (SSSR count). The van der Waals surface area contributed by atoms with E-state index in [9.17, 15) is 4.79 Å². The third-order valence-corrected chi connectivity index (χ3v) is 4.53. The number of nitrogens with zero attached hydrogens (tertiary/aromatic N) is 4. The van der Waals surface area contributed by atoms with Gasteiger partial charge in [-0.25, -0.2) is 9.97 Å². The standard InChI is InChI=1S/C19H22N6O/c1-13-10-24(8-7-20-13)17-5-3-15(9-21-17)19(26)23-16-4-6-18-22-14(2)11-25(18)12-16/h3-6,9,11-13,20H,7-8,10H2,1-2H3,(H,23,26). The molecule has 0 saturated carbocycles. The Labute approximate surface area is 152 Å². The van der Waals surface area contributed by atoms with E-state index in [1.165, 1.54) is 0 Å². The Kier molecular flexibility index (Phi) is 4.30. The molecule has 1 aliphatic heterocycles. The van der Waals surface area contributed by atoms with Crippen molar-refractivity contribution in [2.24, 2.45) is 0 Å². The largest absolute Gasteiger partial charge is 0.354 e. The van der Waals surface area contributed by atoms with Crippen LogP contribution in [-0.4, -0.2) is 46.0 Å². The average molecular weight is 350 g/mol. The third kappa shape index (κ3) is 3.39. The predicted molar refractivity (Wildman–Crippen MR) is 102 cm³/mol. The Balaban J connectivity index is 1.47. The highest BCUT2D eigenvalue weighted by Crippen LogP contribution is 2.16. The van der Waals surface area contributed by atoms with Gasteiger partial charge < -0.3 is 19.9 Å². The van der Waals surface area contributed by atoms with Crippen molar-refractivity contribution in [1.29, 1.82) is 0 Å². The summed E-state index contributed by atoms with van der Waals surface area (Å²) in [6.07, 6.45) is 5.42. The van der Waals surface area contributed by atoms with Crippen molar-refractivity contribution in [1.82, 2.24) is 19.7 Å². The van der Waals surface area contributed by atoms with Crippen LogP contribution in [0.15, 0.2) is 42.9 Å². The maximum absolute atomic E-state index is 12.5. The first-order valence-electron chi connectivity index (χ1n) is 8.79. The van der Waals surface area contributed by atoms with Gasteiger partial charge in [0.1, 0.15) is 11.5 Å². The molecular formula is C19H22N6O. The van der Waals surface area contributed by atoms with Crippen LogP contribution in [-0.2, 0) is 0 Å². The van der Waals surface area contributed by atoms with Crippen LogP contribution in [0.25, 0.3) is 5.65 Å². The summed E-state index contributed by atoms with van der Waals surface area (Å²) in [6, 6.07) is 7.91. The second-order valence-electron chi connectivity index (χ2n) is 6.73. The molecule has 0 bridgehead atoms. The first-order valence-corrected chi connectivity index (χ1v) is 8.79. The first-order chi connectivity index (χ1) is 12.6. The van der Waals surface area contributed by atoms with Gasteiger partial charge in [-0.05, 0) is 38.1 Å². The lowest BCUT2D eigenvalue weighted by Crippen LogP contribution is -2.49. The molecule has 1 unspecified atom stereocenters. The Bertz CT molecular complexity index is 933. The molecule has 1 aliphatic rings. The number of rotatable bonds is 3. The number of anilines is 2. The Hall–Kier alpha value is -2.93. The average Bonchev–Trinajstić information content (AvgIpc) is 3.01. The van der Waals surface area contributed by atoms with Gasteiger partial charge in [-0.3, -0.25) is 4.79 Å². The van der Waals surface area contributed by atoms with Crippen LogP contribution in [0.2, 0.25) is 0 Å². The van der Waals surface area contributed by atoms with Crippen molar-refractivity contribution < 1.29 is 4.79 Å². The number of aryl methyl sites for hydroxylation is 1. The minimum atomic E-state index is -0.172. The van der Waals surface area contributed by atoms with Crippen molar-refractivity contribution in [2.45, 2.75) is 19.9 Å².